The van der Waals surface area contributed by atoms with Crippen molar-refractivity contribution in [3.8, 4) is 0 Å². The number of hydrogen-bond acceptors (Lipinski definition) is 4. The molecule has 0 saturated carbocycles. The zero-order chi connectivity index (χ0) is 13.8. The average Bonchev–Trinajstić information content (AvgIpc) is 2.84. The van der Waals surface area contributed by atoms with Crippen molar-refractivity contribution in [2.45, 2.75) is 26.7 Å². The number of hydrogen-bond donors (Lipinski definition) is 2. The van der Waals surface area contributed by atoms with Gasteiger partial charge in [0.25, 0.3) is 0 Å². The van der Waals surface area contributed by atoms with Crippen molar-refractivity contribution in [3.05, 3.63) is 0 Å². The number of amides is 1. The number of nitrogens with zero attached hydrogens (tertiary/aromatic N) is 2. The monoisotopic (exact) mass is 257 g/mol. The van der Waals surface area contributed by atoms with Gasteiger partial charge in [-0.15, -0.1) is 0 Å². The molecule has 1 aliphatic heterocycles. The molecule has 2 atom stereocenters. The highest BCUT2D eigenvalue weighted by molar-refractivity contribution is 6.06. The fraction of sp³-hybridized carbons (Fsp3) is 0.833. The number of oxime groups is 1. The van der Waals surface area contributed by atoms with E-state index in [-0.39, 0.29) is 11.7 Å². The van der Waals surface area contributed by atoms with Crippen LogP contribution < -0.4 is 5.73 Å². The summed E-state index contributed by atoms with van der Waals surface area (Å²) in [5.41, 5.74) is 4.73. The molecule has 104 valence electrons. The lowest BCUT2D eigenvalue weighted by Crippen LogP contribution is -2.48. The van der Waals surface area contributed by atoms with Crippen LogP contribution in [0.1, 0.15) is 26.7 Å². The maximum absolute atomic E-state index is 12.5. The Morgan fingerprint density at radius 1 is 1.67 bits per heavy atom. The number of likely N-dealkylation sites (tertiary alicyclic amines) is 1. The Hall–Kier alpha value is -1.30. The third kappa shape index (κ3) is 2.75. The first-order valence-electron chi connectivity index (χ1n) is 6.25. The summed E-state index contributed by atoms with van der Waals surface area (Å²) in [5.74, 6) is 0.288. The summed E-state index contributed by atoms with van der Waals surface area (Å²) in [6, 6.07) is 0. The smallest absolute Gasteiger partial charge is 0.236 e. The molecular weight excluding hydrogens is 234 g/mol. The molecule has 0 aliphatic carbocycles. The molecule has 1 fully saturated rings. The molecule has 0 spiro atoms. The summed E-state index contributed by atoms with van der Waals surface area (Å²) in [4.78, 5) is 14.2. The molecule has 0 aromatic carbocycles. The second kappa shape index (κ2) is 6.04. The largest absolute Gasteiger partial charge is 0.409 e. The highest BCUT2D eigenvalue weighted by Gasteiger charge is 2.41. The topological polar surface area (TPSA) is 88.2 Å². The van der Waals surface area contributed by atoms with Gasteiger partial charge in [-0.05, 0) is 19.8 Å². The Labute approximate surface area is 108 Å². The molecule has 0 bridgehead atoms. The highest BCUT2D eigenvalue weighted by Crippen LogP contribution is 2.28. The van der Waals surface area contributed by atoms with E-state index in [4.69, 9.17) is 15.7 Å². The van der Waals surface area contributed by atoms with Crippen LogP contribution in [-0.2, 0) is 9.53 Å². The number of carbonyl (C=O) groups excluding carboxylic acids is 1. The van der Waals surface area contributed by atoms with Gasteiger partial charge in [0, 0.05) is 26.1 Å². The van der Waals surface area contributed by atoms with Crippen LogP contribution in [-0.4, -0.2) is 48.7 Å². The minimum absolute atomic E-state index is 0.0230. The average molecular weight is 257 g/mol. The van der Waals surface area contributed by atoms with E-state index in [1.54, 1.807) is 18.9 Å². The second-order valence-electron chi connectivity index (χ2n) is 5.03. The Morgan fingerprint density at radius 3 is 2.83 bits per heavy atom. The van der Waals surface area contributed by atoms with Crippen molar-refractivity contribution in [1.29, 1.82) is 0 Å². The van der Waals surface area contributed by atoms with Crippen LogP contribution in [0.2, 0.25) is 0 Å². The predicted octanol–water partition coefficient (Wildman–Crippen LogP) is 0.644. The third-order valence-electron chi connectivity index (χ3n) is 3.83. The second-order valence-corrected chi connectivity index (χ2v) is 5.03. The number of ether oxygens (including phenoxy) is 1. The lowest BCUT2D eigenvalue weighted by molar-refractivity contribution is -0.137. The van der Waals surface area contributed by atoms with Crippen molar-refractivity contribution in [1.82, 2.24) is 4.90 Å². The molecule has 1 saturated heterocycles. The van der Waals surface area contributed by atoms with E-state index in [9.17, 15) is 4.79 Å². The van der Waals surface area contributed by atoms with Crippen molar-refractivity contribution in [3.63, 3.8) is 0 Å². The zero-order valence-corrected chi connectivity index (χ0v) is 11.3. The van der Waals surface area contributed by atoms with Gasteiger partial charge in [-0.1, -0.05) is 12.1 Å². The van der Waals surface area contributed by atoms with E-state index in [0.29, 0.717) is 32.0 Å². The molecule has 2 unspecified atom stereocenters. The summed E-state index contributed by atoms with van der Waals surface area (Å²) < 4.78 is 5.11. The molecule has 0 aromatic rings. The van der Waals surface area contributed by atoms with E-state index < -0.39 is 5.41 Å². The number of rotatable bonds is 5. The summed E-state index contributed by atoms with van der Waals surface area (Å²) in [7, 11) is 1.66. The maximum Gasteiger partial charge on any atom is 0.236 e. The molecule has 0 radical (unpaired) electrons. The van der Waals surface area contributed by atoms with Gasteiger partial charge in [0.15, 0.2) is 5.84 Å². The minimum atomic E-state index is -0.920. The summed E-state index contributed by atoms with van der Waals surface area (Å²) in [6.45, 7) is 5.63. The fourth-order valence-electron chi connectivity index (χ4n) is 2.29. The number of amidine groups is 1. The van der Waals surface area contributed by atoms with Gasteiger partial charge >= 0.3 is 0 Å². The van der Waals surface area contributed by atoms with Crippen molar-refractivity contribution < 1.29 is 14.7 Å². The van der Waals surface area contributed by atoms with E-state index in [0.717, 1.165) is 6.42 Å². The molecular formula is C12H23N3O3. The highest BCUT2D eigenvalue weighted by atomic mass is 16.5. The zero-order valence-electron chi connectivity index (χ0n) is 11.3. The summed E-state index contributed by atoms with van der Waals surface area (Å²) >= 11 is 0. The minimum Gasteiger partial charge on any atom is -0.409 e. The number of methoxy groups -OCH3 is 1. The van der Waals surface area contributed by atoms with Gasteiger partial charge in [0.1, 0.15) is 5.41 Å². The number of nitrogens with two attached hydrogens (primary N) is 1. The van der Waals surface area contributed by atoms with Gasteiger partial charge in [-0.3, -0.25) is 4.79 Å². The van der Waals surface area contributed by atoms with Crippen molar-refractivity contribution >= 4 is 11.7 Å². The molecule has 1 heterocycles. The van der Waals surface area contributed by atoms with E-state index in [1.165, 1.54) is 0 Å². The first kappa shape index (κ1) is 14.8. The van der Waals surface area contributed by atoms with Crippen LogP contribution in [0.5, 0.6) is 0 Å². The van der Waals surface area contributed by atoms with Crippen molar-refractivity contribution in [2.75, 3.05) is 26.8 Å². The van der Waals surface area contributed by atoms with Gasteiger partial charge in [-0.25, -0.2) is 0 Å². The third-order valence-corrected chi connectivity index (χ3v) is 3.83. The standard InChI is InChI=1S/C12H23N3O3/c1-4-12(2,10(13)14-17)11(16)15-6-5-9(7-15)8-18-3/h9,17H,4-8H2,1-3H3,(H2,13,14). The SMILES string of the molecule is CCC(C)(C(=O)N1CCC(COC)C1)C(N)=NO. The van der Waals surface area contributed by atoms with Crippen LogP contribution in [0.25, 0.3) is 0 Å². The van der Waals surface area contributed by atoms with Gasteiger partial charge in [0.2, 0.25) is 5.91 Å². The lowest BCUT2D eigenvalue weighted by Gasteiger charge is -2.30. The van der Waals surface area contributed by atoms with Crippen LogP contribution in [0.4, 0.5) is 0 Å². The van der Waals surface area contributed by atoms with Crippen LogP contribution in [0.3, 0.4) is 0 Å². The van der Waals surface area contributed by atoms with Gasteiger partial charge < -0.3 is 20.6 Å². The van der Waals surface area contributed by atoms with Crippen LogP contribution in [0.15, 0.2) is 5.16 Å². The first-order chi connectivity index (χ1) is 8.49. The molecule has 1 aliphatic rings. The molecule has 0 aromatic heterocycles. The van der Waals surface area contributed by atoms with E-state index in [1.807, 2.05) is 6.92 Å². The quantitative estimate of drug-likeness (QED) is 0.327. The predicted molar refractivity (Wildman–Crippen MR) is 68.4 cm³/mol. The lowest BCUT2D eigenvalue weighted by atomic mass is 9.84. The molecule has 3 N–H and O–H groups in total. The molecule has 1 rings (SSSR count). The Balaban J connectivity index is 2.75. The normalized spacial score (nSPS) is 24.1. The van der Waals surface area contributed by atoms with E-state index in [2.05, 4.69) is 5.16 Å². The van der Waals surface area contributed by atoms with Gasteiger partial charge in [-0.2, -0.15) is 0 Å². The summed E-state index contributed by atoms with van der Waals surface area (Å²) in [6.07, 6.45) is 1.45. The van der Waals surface area contributed by atoms with Gasteiger partial charge in [0.05, 0.1) is 6.61 Å². The summed E-state index contributed by atoms with van der Waals surface area (Å²) in [5, 5.41) is 11.8. The Kier molecular flexibility index (Phi) is 4.95. The fourth-order valence-corrected chi connectivity index (χ4v) is 2.29. The Morgan fingerprint density at radius 2 is 2.33 bits per heavy atom. The van der Waals surface area contributed by atoms with E-state index >= 15 is 0 Å². The molecule has 18 heavy (non-hydrogen) atoms. The Bertz CT molecular complexity index is 333. The first-order valence-corrected chi connectivity index (χ1v) is 6.25. The molecule has 6 nitrogen and oxygen atoms in total. The van der Waals surface area contributed by atoms with Crippen molar-refractivity contribution in [2.24, 2.45) is 22.2 Å². The molecule has 6 heteroatoms. The van der Waals surface area contributed by atoms with Crippen LogP contribution >= 0.6 is 0 Å². The maximum atomic E-state index is 12.5. The number of carbonyl (C=O) groups is 1. The van der Waals surface area contributed by atoms with Crippen LogP contribution in [0, 0.1) is 11.3 Å². The molecule has 1 amide bonds.